The average molecular weight is 241 g/mol. The minimum absolute atomic E-state index is 0.00750. The first-order valence-corrected chi connectivity index (χ1v) is 4.81. The van der Waals surface area contributed by atoms with Crippen molar-refractivity contribution in [3.8, 4) is 0 Å². The summed E-state index contributed by atoms with van der Waals surface area (Å²) in [5.41, 5.74) is 6.39. The number of para-hydroxylation sites is 1. The molecule has 2 rings (SSSR count). The van der Waals surface area contributed by atoms with E-state index in [2.05, 4.69) is 15.9 Å². The van der Waals surface area contributed by atoms with Gasteiger partial charge in [-0.15, -0.1) is 0 Å². The molecule has 1 aliphatic rings. The van der Waals surface area contributed by atoms with Gasteiger partial charge < -0.3 is 10.6 Å². The van der Waals surface area contributed by atoms with Gasteiger partial charge >= 0.3 is 0 Å². The molecule has 0 saturated carbocycles. The van der Waals surface area contributed by atoms with Crippen LogP contribution in [0.4, 0.5) is 5.69 Å². The van der Waals surface area contributed by atoms with Gasteiger partial charge in [0.25, 0.3) is 0 Å². The molecule has 0 spiro atoms. The number of amides is 1. The molecule has 2 N–H and O–H groups in total. The van der Waals surface area contributed by atoms with E-state index < -0.39 is 0 Å². The molecule has 0 bridgehead atoms. The van der Waals surface area contributed by atoms with Crippen molar-refractivity contribution in [1.29, 1.82) is 0 Å². The van der Waals surface area contributed by atoms with Gasteiger partial charge in [-0.2, -0.15) is 0 Å². The molecule has 4 heteroatoms. The van der Waals surface area contributed by atoms with Gasteiger partial charge in [-0.3, -0.25) is 4.79 Å². The third-order valence-corrected chi connectivity index (χ3v) is 2.78. The number of nitrogens with two attached hydrogens (primary N) is 1. The molecule has 0 aliphatic carbocycles. The first-order valence-electron chi connectivity index (χ1n) is 4.01. The summed E-state index contributed by atoms with van der Waals surface area (Å²) in [5, 5.41) is 0. The van der Waals surface area contributed by atoms with E-state index in [1.165, 1.54) is 0 Å². The maximum atomic E-state index is 11.3. The lowest BCUT2D eigenvalue weighted by Crippen LogP contribution is -2.61. The molecule has 1 fully saturated rings. The van der Waals surface area contributed by atoms with Gasteiger partial charge in [0, 0.05) is 4.47 Å². The fraction of sp³-hybridized carbons (Fsp3) is 0.222. The summed E-state index contributed by atoms with van der Waals surface area (Å²) in [5.74, 6) is -0.00750. The Morgan fingerprint density at radius 1 is 1.46 bits per heavy atom. The third-order valence-electron chi connectivity index (χ3n) is 2.11. The second-order valence-corrected chi connectivity index (χ2v) is 3.86. The highest BCUT2D eigenvalue weighted by molar-refractivity contribution is 9.10. The van der Waals surface area contributed by atoms with Crippen LogP contribution in [-0.4, -0.2) is 18.5 Å². The second kappa shape index (κ2) is 3.12. The van der Waals surface area contributed by atoms with Gasteiger partial charge in [-0.25, -0.2) is 0 Å². The van der Waals surface area contributed by atoms with E-state index in [0.29, 0.717) is 6.54 Å². The SMILES string of the molecule is NC1CN(c2ccccc2Br)C1=O. The minimum atomic E-state index is -0.313. The first kappa shape index (κ1) is 8.72. The Balaban J connectivity index is 2.28. The van der Waals surface area contributed by atoms with E-state index >= 15 is 0 Å². The van der Waals surface area contributed by atoms with Gasteiger partial charge in [0.05, 0.1) is 12.2 Å². The third kappa shape index (κ3) is 1.36. The van der Waals surface area contributed by atoms with E-state index in [9.17, 15) is 4.79 Å². The van der Waals surface area contributed by atoms with Crippen LogP contribution in [-0.2, 0) is 4.79 Å². The van der Waals surface area contributed by atoms with Gasteiger partial charge in [-0.1, -0.05) is 12.1 Å². The Morgan fingerprint density at radius 3 is 2.69 bits per heavy atom. The van der Waals surface area contributed by atoms with Crippen LogP contribution in [0.5, 0.6) is 0 Å². The van der Waals surface area contributed by atoms with Crippen LogP contribution in [0.25, 0.3) is 0 Å². The van der Waals surface area contributed by atoms with Crippen LogP contribution >= 0.6 is 15.9 Å². The summed E-state index contributed by atoms with van der Waals surface area (Å²) in [6.07, 6.45) is 0. The van der Waals surface area contributed by atoms with Crippen molar-refractivity contribution in [2.75, 3.05) is 11.4 Å². The monoisotopic (exact) mass is 240 g/mol. The molecule has 1 aliphatic heterocycles. The number of benzene rings is 1. The molecule has 1 unspecified atom stereocenters. The Hall–Kier alpha value is -0.870. The van der Waals surface area contributed by atoms with Gasteiger partial charge in [0.2, 0.25) is 5.91 Å². The molecule has 1 aromatic carbocycles. The standard InChI is InChI=1S/C9H9BrN2O/c10-6-3-1-2-4-8(6)12-5-7(11)9(12)13/h1-4,7H,5,11H2. The van der Waals surface area contributed by atoms with Crippen molar-refractivity contribution >= 4 is 27.5 Å². The highest BCUT2D eigenvalue weighted by atomic mass is 79.9. The zero-order valence-electron chi connectivity index (χ0n) is 6.90. The van der Waals surface area contributed by atoms with Crippen LogP contribution in [0, 0.1) is 0 Å². The largest absolute Gasteiger partial charge is 0.318 e. The molecule has 1 aromatic rings. The lowest BCUT2D eigenvalue weighted by Gasteiger charge is -2.36. The summed E-state index contributed by atoms with van der Waals surface area (Å²) in [6.45, 7) is 0.613. The molecule has 1 heterocycles. The predicted molar refractivity (Wildman–Crippen MR) is 54.5 cm³/mol. The number of halogens is 1. The highest BCUT2D eigenvalue weighted by Gasteiger charge is 2.35. The Bertz CT molecular complexity index is 353. The van der Waals surface area contributed by atoms with Crippen LogP contribution in [0.1, 0.15) is 0 Å². The van der Waals surface area contributed by atoms with Crippen LogP contribution in [0.2, 0.25) is 0 Å². The fourth-order valence-corrected chi connectivity index (χ4v) is 1.84. The summed E-state index contributed by atoms with van der Waals surface area (Å²) in [4.78, 5) is 13.0. The Labute approximate surface area is 84.6 Å². The van der Waals surface area contributed by atoms with E-state index in [4.69, 9.17) is 5.73 Å². The number of carbonyl (C=O) groups excluding carboxylic acids is 1. The fourth-order valence-electron chi connectivity index (χ4n) is 1.34. The van der Waals surface area contributed by atoms with Crippen LogP contribution in [0.15, 0.2) is 28.7 Å². The number of rotatable bonds is 1. The maximum Gasteiger partial charge on any atom is 0.245 e. The first-order chi connectivity index (χ1) is 6.20. The molecule has 0 aromatic heterocycles. The van der Waals surface area contributed by atoms with E-state index in [-0.39, 0.29) is 11.9 Å². The second-order valence-electron chi connectivity index (χ2n) is 3.01. The quantitative estimate of drug-likeness (QED) is 0.749. The zero-order chi connectivity index (χ0) is 9.42. The van der Waals surface area contributed by atoms with Crippen molar-refractivity contribution < 1.29 is 4.79 Å². The number of carbonyl (C=O) groups is 1. The summed E-state index contributed by atoms with van der Waals surface area (Å²) in [6, 6.07) is 7.31. The highest BCUT2D eigenvalue weighted by Crippen LogP contribution is 2.29. The van der Waals surface area contributed by atoms with Crippen LogP contribution in [0.3, 0.4) is 0 Å². The average Bonchev–Trinajstić information content (AvgIpc) is 2.15. The molecule has 1 atom stereocenters. The summed E-state index contributed by atoms with van der Waals surface area (Å²) >= 11 is 3.38. The normalized spacial score (nSPS) is 21.5. The maximum absolute atomic E-state index is 11.3. The van der Waals surface area contributed by atoms with Crippen molar-refractivity contribution in [1.82, 2.24) is 0 Å². The molecular weight excluding hydrogens is 232 g/mol. The lowest BCUT2D eigenvalue weighted by molar-refractivity contribution is -0.123. The Kier molecular flexibility index (Phi) is 2.09. The van der Waals surface area contributed by atoms with Crippen molar-refractivity contribution in [2.24, 2.45) is 5.73 Å². The molecule has 1 saturated heterocycles. The minimum Gasteiger partial charge on any atom is -0.318 e. The zero-order valence-corrected chi connectivity index (χ0v) is 8.49. The smallest absolute Gasteiger partial charge is 0.245 e. The number of β-lactam (4-membered cyclic amide) rings is 1. The number of hydrogen-bond acceptors (Lipinski definition) is 2. The van der Waals surface area contributed by atoms with Gasteiger partial charge in [0.15, 0.2) is 0 Å². The van der Waals surface area contributed by atoms with E-state index in [1.807, 2.05) is 24.3 Å². The molecule has 3 nitrogen and oxygen atoms in total. The summed E-state index contributed by atoms with van der Waals surface area (Å²) < 4.78 is 0.926. The van der Waals surface area contributed by atoms with Gasteiger partial charge in [-0.05, 0) is 28.1 Å². The molecule has 13 heavy (non-hydrogen) atoms. The van der Waals surface area contributed by atoms with Crippen LogP contribution < -0.4 is 10.6 Å². The van der Waals surface area contributed by atoms with Crippen molar-refractivity contribution in [3.63, 3.8) is 0 Å². The predicted octanol–water partition coefficient (Wildman–Crippen LogP) is 1.12. The lowest BCUT2D eigenvalue weighted by atomic mass is 10.1. The van der Waals surface area contributed by atoms with E-state index in [0.717, 1.165) is 10.2 Å². The number of hydrogen-bond donors (Lipinski definition) is 1. The number of nitrogens with zero attached hydrogens (tertiary/aromatic N) is 1. The number of anilines is 1. The van der Waals surface area contributed by atoms with Crippen molar-refractivity contribution in [3.05, 3.63) is 28.7 Å². The molecule has 1 amide bonds. The molecule has 0 radical (unpaired) electrons. The van der Waals surface area contributed by atoms with Gasteiger partial charge in [0.1, 0.15) is 6.04 Å². The Morgan fingerprint density at radius 2 is 2.15 bits per heavy atom. The molecule has 68 valence electrons. The van der Waals surface area contributed by atoms with E-state index in [1.54, 1.807) is 4.90 Å². The summed E-state index contributed by atoms with van der Waals surface area (Å²) in [7, 11) is 0. The van der Waals surface area contributed by atoms with Crippen molar-refractivity contribution in [2.45, 2.75) is 6.04 Å². The molecular formula is C9H9BrN2O. The topological polar surface area (TPSA) is 46.3 Å².